The van der Waals surface area contributed by atoms with E-state index < -0.39 is 5.41 Å². The first-order chi connectivity index (χ1) is 9.44. The monoisotopic (exact) mass is 281 g/mol. The Hall–Kier alpha value is -1.10. The first kappa shape index (κ1) is 15.3. The average molecular weight is 281 g/mol. The van der Waals surface area contributed by atoms with Gasteiger partial charge in [0.1, 0.15) is 0 Å². The first-order valence-electron chi connectivity index (χ1n) is 7.70. The molecule has 0 bridgehead atoms. The molecule has 20 heavy (non-hydrogen) atoms. The van der Waals surface area contributed by atoms with Gasteiger partial charge in [0.25, 0.3) is 0 Å². The SMILES string of the molecule is CNC(=O)C(C)(C)CNC(=O)C1CC2CCCCC2N1. The molecule has 3 N–H and O–H groups in total. The fraction of sp³-hybridized carbons (Fsp3) is 0.867. The predicted octanol–water partition coefficient (Wildman–Crippen LogP) is 0.795. The molecule has 2 rings (SSSR count). The molecule has 0 aromatic carbocycles. The van der Waals surface area contributed by atoms with Crippen LogP contribution < -0.4 is 16.0 Å². The lowest BCUT2D eigenvalue weighted by Crippen LogP contribution is -2.48. The van der Waals surface area contributed by atoms with Crippen LogP contribution in [0.1, 0.15) is 46.0 Å². The third-order valence-corrected chi connectivity index (χ3v) is 4.73. The summed E-state index contributed by atoms with van der Waals surface area (Å²) in [6, 6.07) is 0.440. The molecule has 114 valence electrons. The molecule has 1 aliphatic heterocycles. The fourth-order valence-corrected chi connectivity index (χ4v) is 3.37. The Bertz CT molecular complexity index is 367. The molecule has 0 aromatic heterocycles. The van der Waals surface area contributed by atoms with Gasteiger partial charge < -0.3 is 16.0 Å². The van der Waals surface area contributed by atoms with Gasteiger partial charge in [-0.1, -0.05) is 12.8 Å². The number of nitrogens with one attached hydrogen (secondary N) is 3. The van der Waals surface area contributed by atoms with E-state index >= 15 is 0 Å². The van der Waals surface area contributed by atoms with Crippen LogP contribution in [0.4, 0.5) is 0 Å². The van der Waals surface area contributed by atoms with Gasteiger partial charge in [-0.25, -0.2) is 0 Å². The van der Waals surface area contributed by atoms with Crippen LogP contribution in [0.15, 0.2) is 0 Å². The van der Waals surface area contributed by atoms with E-state index in [0.717, 1.165) is 6.42 Å². The molecule has 3 unspecified atom stereocenters. The van der Waals surface area contributed by atoms with E-state index in [1.165, 1.54) is 25.7 Å². The Morgan fingerprint density at radius 1 is 1.25 bits per heavy atom. The normalized spacial score (nSPS) is 29.6. The van der Waals surface area contributed by atoms with E-state index in [1.807, 2.05) is 13.8 Å². The number of carbonyl (C=O) groups excluding carboxylic acids is 2. The highest BCUT2D eigenvalue weighted by Crippen LogP contribution is 2.33. The van der Waals surface area contributed by atoms with Gasteiger partial charge >= 0.3 is 0 Å². The predicted molar refractivity (Wildman–Crippen MR) is 78.1 cm³/mol. The molecule has 1 saturated carbocycles. The summed E-state index contributed by atoms with van der Waals surface area (Å²) >= 11 is 0. The van der Waals surface area contributed by atoms with E-state index in [4.69, 9.17) is 0 Å². The molecule has 0 radical (unpaired) electrons. The molecular weight excluding hydrogens is 254 g/mol. The summed E-state index contributed by atoms with van der Waals surface area (Å²) in [7, 11) is 1.62. The summed E-state index contributed by atoms with van der Waals surface area (Å²) in [5, 5.41) is 9.02. The van der Waals surface area contributed by atoms with Gasteiger partial charge in [0.05, 0.1) is 11.5 Å². The lowest BCUT2D eigenvalue weighted by Gasteiger charge is -2.24. The zero-order valence-corrected chi connectivity index (χ0v) is 12.8. The maximum Gasteiger partial charge on any atom is 0.237 e. The third kappa shape index (κ3) is 3.32. The molecule has 5 nitrogen and oxygen atoms in total. The van der Waals surface area contributed by atoms with Crippen molar-refractivity contribution in [2.75, 3.05) is 13.6 Å². The van der Waals surface area contributed by atoms with Gasteiger partial charge in [0, 0.05) is 19.6 Å². The molecule has 3 atom stereocenters. The summed E-state index contributed by atoms with van der Waals surface area (Å²) in [5.41, 5.74) is -0.574. The lowest BCUT2D eigenvalue weighted by molar-refractivity contribution is -0.129. The minimum Gasteiger partial charge on any atom is -0.359 e. The molecule has 2 amide bonds. The zero-order chi connectivity index (χ0) is 14.8. The Morgan fingerprint density at radius 3 is 2.60 bits per heavy atom. The number of amides is 2. The Balaban J connectivity index is 1.82. The highest BCUT2D eigenvalue weighted by Gasteiger charge is 2.38. The molecule has 1 saturated heterocycles. The van der Waals surface area contributed by atoms with Crippen molar-refractivity contribution in [2.24, 2.45) is 11.3 Å². The van der Waals surface area contributed by atoms with Crippen LogP contribution in [0.3, 0.4) is 0 Å². The summed E-state index contributed by atoms with van der Waals surface area (Å²) in [6.45, 7) is 4.06. The molecule has 1 heterocycles. The van der Waals surface area contributed by atoms with Gasteiger partial charge in [-0.15, -0.1) is 0 Å². The maximum atomic E-state index is 12.2. The van der Waals surface area contributed by atoms with Gasteiger partial charge in [-0.2, -0.15) is 0 Å². The summed E-state index contributed by atoms with van der Waals surface area (Å²) in [6.07, 6.45) is 5.94. The second-order valence-corrected chi connectivity index (χ2v) is 6.79. The van der Waals surface area contributed by atoms with Crippen molar-refractivity contribution in [1.29, 1.82) is 0 Å². The Labute approximate surface area is 121 Å². The Kier molecular flexibility index (Phi) is 4.68. The average Bonchev–Trinajstić information content (AvgIpc) is 2.87. The maximum absolute atomic E-state index is 12.2. The molecular formula is C15H27N3O2. The van der Waals surface area contributed by atoms with E-state index in [1.54, 1.807) is 7.05 Å². The zero-order valence-electron chi connectivity index (χ0n) is 12.8. The molecule has 1 aliphatic carbocycles. The smallest absolute Gasteiger partial charge is 0.237 e. The van der Waals surface area contributed by atoms with Crippen LogP contribution in [0, 0.1) is 11.3 Å². The highest BCUT2D eigenvalue weighted by molar-refractivity contribution is 5.85. The van der Waals surface area contributed by atoms with Gasteiger partial charge in [0.2, 0.25) is 11.8 Å². The van der Waals surface area contributed by atoms with E-state index in [2.05, 4.69) is 16.0 Å². The number of hydrogen-bond acceptors (Lipinski definition) is 3. The topological polar surface area (TPSA) is 70.2 Å². The van der Waals surface area contributed by atoms with Crippen molar-refractivity contribution in [2.45, 2.75) is 58.0 Å². The second-order valence-electron chi connectivity index (χ2n) is 6.79. The van der Waals surface area contributed by atoms with Gasteiger partial charge in [-0.05, 0) is 39.0 Å². The number of carbonyl (C=O) groups is 2. The van der Waals surface area contributed by atoms with Crippen LogP contribution in [-0.4, -0.2) is 37.5 Å². The minimum absolute atomic E-state index is 0.0383. The van der Waals surface area contributed by atoms with Gasteiger partial charge in [0.15, 0.2) is 0 Å². The van der Waals surface area contributed by atoms with Crippen molar-refractivity contribution >= 4 is 11.8 Å². The van der Waals surface area contributed by atoms with Crippen LogP contribution in [0.5, 0.6) is 0 Å². The van der Waals surface area contributed by atoms with Crippen molar-refractivity contribution < 1.29 is 9.59 Å². The molecule has 0 aromatic rings. The van der Waals surface area contributed by atoms with Crippen molar-refractivity contribution in [3.05, 3.63) is 0 Å². The Morgan fingerprint density at radius 2 is 1.95 bits per heavy atom. The standard InChI is InChI=1S/C15H27N3O2/c1-15(2,14(20)16-3)9-17-13(19)12-8-10-6-4-5-7-11(10)18-12/h10-12,18H,4-9H2,1-3H3,(H,16,20)(H,17,19). The largest absolute Gasteiger partial charge is 0.359 e. The lowest BCUT2D eigenvalue weighted by atomic mass is 9.85. The fourth-order valence-electron chi connectivity index (χ4n) is 3.37. The quantitative estimate of drug-likeness (QED) is 0.714. The summed E-state index contributed by atoms with van der Waals surface area (Å²) < 4.78 is 0. The second kappa shape index (κ2) is 6.12. The summed E-state index contributed by atoms with van der Waals surface area (Å²) in [5.74, 6) is 0.647. The van der Waals surface area contributed by atoms with E-state index in [9.17, 15) is 9.59 Å². The first-order valence-corrected chi connectivity index (χ1v) is 7.70. The molecule has 5 heteroatoms. The van der Waals surface area contributed by atoms with Crippen LogP contribution in [-0.2, 0) is 9.59 Å². The highest BCUT2D eigenvalue weighted by atomic mass is 16.2. The number of fused-ring (bicyclic) bond motifs is 1. The van der Waals surface area contributed by atoms with E-state index in [-0.39, 0.29) is 17.9 Å². The summed E-state index contributed by atoms with van der Waals surface area (Å²) in [4.78, 5) is 23.9. The van der Waals surface area contributed by atoms with Crippen LogP contribution in [0.2, 0.25) is 0 Å². The van der Waals surface area contributed by atoms with Crippen molar-refractivity contribution in [1.82, 2.24) is 16.0 Å². The van der Waals surface area contributed by atoms with Crippen molar-refractivity contribution in [3.8, 4) is 0 Å². The molecule has 2 fully saturated rings. The van der Waals surface area contributed by atoms with Crippen LogP contribution in [0.25, 0.3) is 0 Å². The van der Waals surface area contributed by atoms with Gasteiger partial charge in [-0.3, -0.25) is 9.59 Å². The minimum atomic E-state index is -0.574. The third-order valence-electron chi connectivity index (χ3n) is 4.73. The van der Waals surface area contributed by atoms with Crippen molar-refractivity contribution in [3.63, 3.8) is 0 Å². The van der Waals surface area contributed by atoms with E-state index in [0.29, 0.717) is 18.5 Å². The van der Waals surface area contributed by atoms with Crippen LogP contribution >= 0.6 is 0 Å². The number of hydrogen-bond donors (Lipinski definition) is 3. The number of rotatable bonds is 4. The molecule has 2 aliphatic rings. The molecule has 0 spiro atoms.